The van der Waals surface area contributed by atoms with Crippen LogP contribution < -0.4 is 15.5 Å². The first-order valence-corrected chi connectivity index (χ1v) is 8.89. The van der Waals surface area contributed by atoms with E-state index in [-0.39, 0.29) is 23.0 Å². The fourth-order valence-corrected chi connectivity index (χ4v) is 3.27. The van der Waals surface area contributed by atoms with Crippen LogP contribution in [-0.2, 0) is 12.7 Å². The zero-order valence-corrected chi connectivity index (χ0v) is 14.5. The molecule has 140 valence electrons. The van der Waals surface area contributed by atoms with Gasteiger partial charge in [0, 0.05) is 31.4 Å². The monoisotopic (exact) mass is 386 g/mol. The van der Waals surface area contributed by atoms with Gasteiger partial charge in [-0.3, -0.25) is 5.32 Å². The average molecular weight is 386 g/mol. The largest absolute Gasteiger partial charge is 0.445 e. The van der Waals surface area contributed by atoms with Crippen molar-refractivity contribution in [2.24, 2.45) is 0 Å². The molecule has 7 nitrogen and oxygen atoms in total. The zero-order valence-electron chi connectivity index (χ0n) is 13.7. The minimum Gasteiger partial charge on any atom is -0.356 e. The van der Waals surface area contributed by atoms with Crippen LogP contribution in [0.15, 0.2) is 18.3 Å². The molecule has 0 radical (unpaired) electrons. The number of nitrogens with one attached hydrogen (secondary N) is 2. The maximum Gasteiger partial charge on any atom is 0.445 e. The molecule has 2 aromatic heterocycles. The van der Waals surface area contributed by atoms with E-state index >= 15 is 0 Å². The van der Waals surface area contributed by atoms with E-state index in [4.69, 9.17) is 0 Å². The molecule has 0 aromatic carbocycles. The Bertz CT molecular complexity index is 760. The van der Waals surface area contributed by atoms with Crippen molar-refractivity contribution < 1.29 is 18.0 Å². The quantitative estimate of drug-likeness (QED) is 0.843. The van der Waals surface area contributed by atoms with Crippen LogP contribution in [0.2, 0.25) is 0 Å². The molecule has 2 amide bonds. The number of alkyl halides is 3. The number of halogens is 3. The molecule has 1 saturated heterocycles. The van der Waals surface area contributed by atoms with Crippen LogP contribution in [-0.4, -0.2) is 34.3 Å². The van der Waals surface area contributed by atoms with E-state index in [0.29, 0.717) is 0 Å². The van der Waals surface area contributed by atoms with Gasteiger partial charge in [-0.15, -0.1) is 10.2 Å². The molecular formula is C15H17F3N6OS. The second-order valence-corrected chi connectivity index (χ2v) is 6.73. The second-order valence-electron chi connectivity index (χ2n) is 5.75. The van der Waals surface area contributed by atoms with E-state index in [2.05, 4.69) is 30.7 Å². The molecule has 0 saturated carbocycles. The number of anilines is 2. The third kappa shape index (κ3) is 4.59. The number of urea groups is 1. The molecule has 1 aliphatic rings. The van der Waals surface area contributed by atoms with E-state index in [1.807, 2.05) is 6.07 Å². The molecular weight excluding hydrogens is 369 g/mol. The van der Waals surface area contributed by atoms with Gasteiger partial charge in [0.15, 0.2) is 0 Å². The average Bonchev–Trinajstić information content (AvgIpc) is 3.10. The van der Waals surface area contributed by atoms with Crippen molar-refractivity contribution in [3.63, 3.8) is 0 Å². The molecule has 0 aliphatic carbocycles. The Labute approximate surface area is 151 Å². The molecule has 3 heterocycles. The summed E-state index contributed by atoms with van der Waals surface area (Å²) in [4.78, 5) is 18.5. The summed E-state index contributed by atoms with van der Waals surface area (Å²) in [5.41, 5.74) is 0.845. The van der Waals surface area contributed by atoms with E-state index in [9.17, 15) is 18.0 Å². The molecule has 1 fully saturated rings. The number of carbonyl (C=O) groups excluding carboxylic acids is 1. The lowest BCUT2D eigenvalue weighted by molar-refractivity contribution is -0.138. The van der Waals surface area contributed by atoms with Crippen molar-refractivity contribution in [1.82, 2.24) is 20.5 Å². The number of rotatable bonds is 4. The molecule has 0 bridgehead atoms. The summed E-state index contributed by atoms with van der Waals surface area (Å²) in [5.74, 6) is 0.822. The highest BCUT2D eigenvalue weighted by molar-refractivity contribution is 7.15. The first-order valence-electron chi connectivity index (χ1n) is 8.08. The highest BCUT2D eigenvalue weighted by Crippen LogP contribution is 2.32. The number of nitrogens with zero attached hydrogens (tertiary/aromatic N) is 4. The highest BCUT2D eigenvalue weighted by atomic mass is 32.1. The molecule has 11 heteroatoms. The Balaban J connectivity index is 1.59. The Hall–Kier alpha value is -2.43. The van der Waals surface area contributed by atoms with Gasteiger partial charge in [-0.05, 0) is 25.3 Å². The lowest BCUT2D eigenvalue weighted by atomic mass is 10.1. The van der Waals surface area contributed by atoms with Gasteiger partial charge in [-0.2, -0.15) is 13.2 Å². The number of hydrogen-bond donors (Lipinski definition) is 2. The van der Waals surface area contributed by atoms with Crippen molar-refractivity contribution in [3.8, 4) is 0 Å². The van der Waals surface area contributed by atoms with E-state index in [1.54, 1.807) is 12.3 Å². The van der Waals surface area contributed by atoms with Gasteiger partial charge in [0.1, 0.15) is 5.82 Å². The topological polar surface area (TPSA) is 83.0 Å². The summed E-state index contributed by atoms with van der Waals surface area (Å²) < 4.78 is 37.5. The smallest absolute Gasteiger partial charge is 0.356 e. The first-order chi connectivity index (χ1) is 12.4. The molecule has 0 unspecified atom stereocenters. The lowest BCUT2D eigenvalue weighted by Crippen LogP contribution is -2.33. The lowest BCUT2D eigenvalue weighted by Gasteiger charge is -2.29. The van der Waals surface area contributed by atoms with Crippen LogP contribution in [0.5, 0.6) is 0 Å². The van der Waals surface area contributed by atoms with Crippen LogP contribution in [0.3, 0.4) is 0 Å². The maximum atomic E-state index is 12.5. The van der Waals surface area contributed by atoms with Gasteiger partial charge in [0.05, 0.1) is 0 Å². The van der Waals surface area contributed by atoms with Crippen LogP contribution >= 0.6 is 11.3 Å². The first kappa shape index (κ1) is 18.4. The minimum absolute atomic E-state index is 0.205. The Morgan fingerprint density at radius 1 is 1.23 bits per heavy atom. The van der Waals surface area contributed by atoms with Crippen molar-refractivity contribution >= 4 is 28.3 Å². The van der Waals surface area contributed by atoms with E-state index in [1.165, 1.54) is 6.42 Å². The zero-order chi connectivity index (χ0) is 18.6. The Morgan fingerprint density at radius 2 is 2.00 bits per heavy atom. The molecule has 26 heavy (non-hydrogen) atoms. The summed E-state index contributed by atoms with van der Waals surface area (Å²) in [6, 6.07) is 3.00. The summed E-state index contributed by atoms with van der Waals surface area (Å²) in [7, 11) is 0. The summed E-state index contributed by atoms with van der Waals surface area (Å²) >= 11 is 0.276. The predicted octanol–water partition coefficient (Wildman–Crippen LogP) is 3.26. The molecule has 3 rings (SSSR count). The second kappa shape index (κ2) is 7.85. The molecule has 0 spiro atoms. The van der Waals surface area contributed by atoms with Gasteiger partial charge in [-0.25, -0.2) is 9.78 Å². The predicted molar refractivity (Wildman–Crippen MR) is 91.1 cm³/mol. The third-order valence-corrected chi connectivity index (χ3v) is 4.73. The summed E-state index contributed by atoms with van der Waals surface area (Å²) in [6.45, 7) is 2.04. The molecule has 2 aromatic rings. The Morgan fingerprint density at radius 3 is 2.69 bits per heavy atom. The maximum absolute atomic E-state index is 12.5. The fourth-order valence-electron chi connectivity index (χ4n) is 2.66. The SMILES string of the molecule is O=C(NCc1cccnc1N1CCCCC1)Nc1nnc(C(F)(F)F)s1. The van der Waals surface area contributed by atoms with Gasteiger partial charge in [0.25, 0.3) is 0 Å². The molecule has 0 atom stereocenters. The number of carbonyl (C=O) groups is 1. The van der Waals surface area contributed by atoms with Crippen molar-refractivity contribution in [2.75, 3.05) is 23.3 Å². The third-order valence-electron chi connectivity index (χ3n) is 3.85. The van der Waals surface area contributed by atoms with E-state index in [0.717, 1.165) is 37.3 Å². The van der Waals surface area contributed by atoms with Gasteiger partial charge >= 0.3 is 12.2 Å². The van der Waals surface area contributed by atoms with Gasteiger partial charge in [-0.1, -0.05) is 17.4 Å². The fraction of sp³-hybridized carbons (Fsp3) is 0.467. The van der Waals surface area contributed by atoms with Gasteiger partial charge in [0.2, 0.25) is 10.1 Å². The van der Waals surface area contributed by atoms with Crippen molar-refractivity contribution in [1.29, 1.82) is 0 Å². The van der Waals surface area contributed by atoms with Crippen molar-refractivity contribution in [3.05, 3.63) is 28.9 Å². The number of hydrogen-bond acceptors (Lipinski definition) is 6. The van der Waals surface area contributed by atoms with Gasteiger partial charge < -0.3 is 10.2 Å². The molecule has 2 N–H and O–H groups in total. The standard InChI is InChI=1S/C15H17F3N6OS/c16-15(17,18)12-22-23-14(26-12)21-13(25)20-9-10-5-4-6-19-11(10)24-7-2-1-3-8-24/h4-6H,1-3,7-9H2,(H2,20,21,23,25). The normalized spacial score (nSPS) is 15.0. The number of amides is 2. The van der Waals surface area contributed by atoms with Crippen LogP contribution in [0.1, 0.15) is 29.8 Å². The van der Waals surface area contributed by atoms with Crippen molar-refractivity contribution in [2.45, 2.75) is 32.0 Å². The van der Waals surface area contributed by atoms with Crippen LogP contribution in [0.25, 0.3) is 0 Å². The number of pyridine rings is 1. The summed E-state index contributed by atoms with van der Waals surface area (Å²) in [5, 5.41) is 9.91. The Kier molecular flexibility index (Phi) is 5.55. The van der Waals surface area contributed by atoms with E-state index < -0.39 is 17.2 Å². The number of aromatic nitrogens is 3. The summed E-state index contributed by atoms with van der Waals surface area (Å²) in [6.07, 6.45) is 0.520. The molecule has 1 aliphatic heterocycles. The minimum atomic E-state index is -4.58. The number of piperidine rings is 1. The highest BCUT2D eigenvalue weighted by Gasteiger charge is 2.35. The van der Waals surface area contributed by atoms with Crippen LogP contribution in [0, 0.1) is 0 Å². The van der Waals surface area contributed by atoms with Crippen LogP contribution in [0.4, 0.5) is 28.9 Å².